The number of carbonyl (C=O) groups is 6. The van der Waals surface area contributed by atoms with Gasteiger partial charge in [-0.2, -0.15) is 8.78 Å². The van der Waals surface area contributed by atoms with Gasteiger partial charge in [-0.15, -0.1) is 12.4 Å². The maximum atomic E-state index is 13.5. The van der Waals surface area contributed by atoms with Crippen LogP contribution in [0.4, 0.5) is 22.0 Å². The summed E-state index contributed by atoms with van der Waals surface area (Å²) in [5.41, 5.74) is 17.9. The van der Waals surface area contributed by atoms with Gasteiger partial charge in [0.1, 0.15) is 28.8 Å². The van der Waals surface area contributed by atoms with E-state index in [4.69, 9.17) is 106 Å². The van der Waals surface area contributed by atoms with E-state index in [1.807, 2.05) is 149 Å². The molecule has 140 heavy (non-hydrogen) atoms. The van der Waals surface area contributed by atoms with Gasteiger partial charge in [-0.3, -0.25) is 29.4 Å². The normalized spacial score (nSPS) is 10.7. The van der Waals surface area contributed by atoms with E-state index in [9.17, 15) is 45.9 Å². The Morgan fingerprint density at radius 2 is 0.821 bits per heavy atom. The Labute approximate surface area is 968 Å². The first-order valence-electron chi connectivity index (χ1n) is 43.8. The molecule has 0 spiro atoms. The van der Waals surface area contributed by atoms with E-state index in [0.29, 0.717) is 98.3 Å². The first kappa shape index (κ1) is 136. The van der Waals surface area contributed by atoms with Crippen LogP contribution in [0.2, 0.25) is 24.5 Å². The van der Waals surface area contributed by atoms with Crippen LogP contribution < -0.4 is 159 Å². The van der Waals surface area contributed by atoms with Crippen LogP contribution in [0.5, 0.6) is 28.7 Å². The maximum Gasteiger partial charge on any atom is 1.00 e. The molecule has 0 unspecified atom stereocenters. The zero-order chi connectivity index (χ0) is 103. The molecule has 756 valence electrons. The Balaban J connectivity index is -0.00000160. The molecular weight excluding hydrogens is 2270 g/mol. The van der Waals surface area contributed by atoms with Crippen LogP contribution in [-0.4, -0.2) is 145 Å². The van der Waals surface area contributed by atoms with Crippen LogP contribution in [0.15, 0.2) is 196 Å². The third kappa shape index (κ3) is 56.8. The number of rotatable bonds is 36. The van der Waals surface area contributed by atoms with Crippen molar-refractivity contribution in [3.63, 3.8) is 0 Å². The van der Waals surface area contributed by atoms with Gasteiger partial charge in [-0.05, 0) is 227 Å². The molecule has 1 saturated heterocycles. The molecule has 38 heteroatoms. The molecule has 0 saturated carbocycles. The second-order valence-electron chi connectivity index (χ2n) is 31.5. The summed E-state index contributed by atoms with van der Waals surface area (Å²) in [7, 11) is 0. The van der Waals surface area contributed by atoms with Crippen LogP contribution >= 0.6 is 107 Å². The molecule has 1 fully saturated rings. The molecule has 2 radical (unpaired) electrons. The second-order valence-corrected chi connectivity index (χ2v) is 39.5. The molecule has 1 heterocycles. The summed E-state index contributed by atoms with van der Waals surface area (Å²) in [6.45, 7) is 40.2. The van der Waals surface area contributed by atoms with Gasteiger partial charge in [0.2, 0.25) is 34.8 Å². The summed E-state index contributed by atoms with van der Waals surface area (Å²) in [5.74, 6) is -11.9. The maximum absolute atomic E-state index is 13.5. The third-order valence-electron chi connectivity index (χ3n) is 17.8. The van der Waals surface area contributed by atoms with Crippen LogP contribution in [0.3, 0.4) is 0 Å². The fourth-order valence-electron chi connectivity index (χ4n) is 10.7. The zero-order valence-electron chi connectivity index (χ0n) is 82.8. The predicted molar refractivity (Wildman–Crippen MR) is 554 cm³/mol. The van der Waals surface area contributed by atoms with E-state index in [1.54, 1.807) is 80.6 Å². The number of unbranched alkanes of at least 4 members (excludes halogenated alkanes) is 1. The number of benzene rings is 9. The molecule has 22 nitrogen and oxygen atoms in total. The number of halogens is 13. The zero-order valence-corrected chi connectivity index (χ0v) is 99.5. The first-order valence-corrected chi connectivity index (χ1v) is 51.5. The second kappa shape index (κ2) is 76.7. The minimum Gasteiger partial charge on any atom is -1.00 e. The summed E-state index contributed by atoms with van der Waals surface area (Å²) in [6.07, 6.45) is 8.25. The number of hydrogen-bond acceptors (Lipinski definition) is 18. The van der Waals surface area contributed by atoms with Crippen molar-refractivity contribution in [2.45, 2.75) is 177 Å². The van der Waals surface area contributed by atoms with E-state index >= 15 is 0 Å². The molecule has 3 amide bonds. The predicted octanol–water partition coefficient (Wildman–Crippen LogP) is 18.8. The standard InChI is InChI=1S/C22H26ClNO3.C20H21BrClNO3.C18H19BrClNO2.C16H10ClF5O3.C8H10BrN.C5H12N2.C4H8O.C4H7O.C4H9.CH2O3.ClH.2K.Sn.H/c1-5-26-16(4)18-8-6-17(7-9-18)12-13-24-22(25)19-10-11-21(20(23)14-19)27-15(2)3;1-13(2)26-19-8-7-16(11-17(19)22)20(25)23-10-9-14-3-5-15(6-4-14)18(24)12-21;1-12(2)23-17-8-5-14(11-16(17)20)18(22)21-10-9-13-3-6-15(19)7-4-13;1-6(2)24-9-4-3-7(5-8(9)17)16(23)25-15-13(21)11(19)10(18)12(20)14(15)22;9-8-3-1-7(2-4-8)5-6-10;1-5(2,3)4(6)7;1-2-4-5-3-1;1-3-5-4-2;1-3-4-2;2-1-4-3;;;;;/h6-11,14-15H,4-5,12-13H2,1-3H3,(H,24,25);3-8,11,13H,9-10,12H2,1-2H3,(H,23,25);3-8,11-12H,9-10H2,1-2H3,(H,21,22);3-6H,1-2H3;1-4H,5-6,10H2;1-3H3,(H3,6,7);1-4H2;1,4H2,2H3;1,3-4H2,2H3;1,3H;1H;;;;/q;;;;;;;;;;;2*+1;;-1/p-1. The summed E-state index contributed by atoms with van der Waals surface area (Å²) >= 11 is 34.0. The number of amides is 3. The number of carbonyl (C=O) groups excluding carboxylic acids is 6. The number of nitrogens with two attached hydrogens (primary N) is 2. The third-order valence-corrected chi connectivity index (χ3v) is 23.8. The van der Waals surface area contributed by atoms with Crippen LogP contribution in [-0.2, 0) is 49.6 Å². The van der Waals surface area contributed by atoms with Gasteiger partial charge in [0.15, 0.2) is 5.78 Å². The number of amidine groups is 1. The van der Waals surface area contributed by atoms with Gasteiger partial charge in [0.05, 0.1) is 67.8 Å². The number of nitrogens with one attached hydrogen (secondary N) is 4. The first-order chi connectivity index (χ1) is 64.9. The number of ether oxygens (including phenoxy) is 8. The van der Waals surface area contributed by atoms with Gasteiger partial charge in [-0.25, -0.2) is 18.0 Å². The monoisotopic (exact) mass is 2390 g/mol. The van der Waals surface area contributed by atoms with Crippen molar-refractivity contribution in [3.05, 3.63) is 301 Å². The van der Waals surface area contributed by atoms with Gasteiger partial charge in [0.25, 0.3) is 24.2 Å². The number of ketones is 1. The number of alkyl halides is 1. The average Bonchev–Trinajstić information content (AvgIpc) is 1.13. The van der Waals surface area contributed by atoms with Crippen molar-refractivity contribution in [2.24, 2.45) is 16.9 Å². The van der Waals surface area contributed by atoms with Crippen molar-refractivity contribution in [1.29, 1.82) is 5.41 Å². The number of hydrogen-bond donors (Lipinski definition) is 6. The molecule has 9 aromatic rings. The molecular formula is C102H125Br3Cl5F5K2N6O16Sn. The van der Waals surface area contributed by atoms with E-state index in [-0.39, 0.29) is 220 Å². The van der Waals surface area contributed by atoms with E-state index in [1.165, 1.54) is 47.3 Å². The fourth-order valence-corrected chi connectivity index (χ4v) is 15.5. The molecule has 9 aromatic carbocycles. The molecule has 10 rings (SSSR count). The summed E-state index contributed by atoms with van der Waals surface area (Å²) in [6, 6.07) is 50.3. The van der Waals surface area contributed by atoms with Crippen LogP contribution in [0.1, 0.15) is 204 Å². The molecule has 1 aliphatic heterocycles. The Hall–Kier alpha value is -5.76. The van der Waals surface area contributed by atoms with E-state index in [0.717, 1.165) is 87.2 Å². The Morgan fingerprint density at radius 1 is 0.521 bits per heavy atom. The Bertz CT molecular complexity index is 5220. The largest absolute Gasteiger partial charge is 1.00 e. The smallest absolute Gasteiger partial charge is 1.00 e. The van der Waals surface area contributed by atoms with Gasteiger partial charge in [-0.1, -0.05) is 194 Å². The minimum absolute atomic E-state index is 0. The SMILES string of the molecule is C1CCOC1.C=C(OCC)c1ccc(CCNC(=O)c2ccc(OC(C)C)c(Cl)c2)cc1.C=[C](OCC)[Sn][CH2]CCC.CC(C)(C)C(=N)N.CC(C)Oc1ccc(C(=O)NCCc2ccc(Br)cc2)cc1Cl.CC(C)Oc1ccc(C(=O)NCCc2ccc(C(=O)CBr)cc2)cc1Cl.CC(C)Oc1ccc(C(=O)Oc2c(F)c(F)c(F)c(F)c2F)cc1Cl.Cl.NCCc1ccc(Br)cc1.O=CO[O-].[H-].[K+].[K+]. The Kier molecular flexibility index (Phi) is 74.7. The van der Waals surface area contributed by atoms with Gasteiger partial charge < -0.3 is 72.1 Å². The molecule has 0 atom stereocenters. The van der Waals surface area contributed by atoms with Crippen LogP contribution in [0.25, 0.3) is 5.76 Å². The van der Waals surface area contributed by atoms with Crippen molar-refractivity contribution in [2.75, 3.05) is 57.9 Å². The number of esters is 1. The molecule has 0 aliphatic carbocycles. The summed E-state index contributed by atoms with van der Waals surface area (Å²) in [5, 5.41) is 25.6. The molecule has 0 bridgehead atoms. The van der Waals surface area contributed by atoms with Gasteiger partial charge in [0, 0.05) is 75.0 Å². The van der Waals surface area contributed by atoms with Crippen molar-refractivity contribution >= 4 is 175 Å². The van der Waals surface area contributed by atoms with Crippen molar-refractivity contribution < 1.29 is 203 Å². The Morgan fingerprint density at radius 3 is 1.10 bits per heavy atom. The van der Waals surface area contributed by atoms with E-state index < -0.39 is 40.8 Å². The topological polar surface area (TPSA) is 321 Å². The molecule has 8 N–H and O–H groups in total. The van der Waals surface area contributed by atoms with Crippen molar-refractivity contribution in [1.82, 2.24) is 16.0 Å². The fraction of sp³-hybridized carbons (Fsp3) is 0.363. The summed E-state index contributed by atoms with van der Waals surface area (Å²) < 4.78 is 113. The number of Topliss-reactive ketones (excluding diaryl/α,β-unsaturated/α-hetero) is 1. The van der Waals surface area contributed by atoms with Crippen LogP contribution in [0, 0.1) is 39.9 Å². The van der Waals surface area contributed by atoms with Gasteiger partial charge >= 0.3 is 183 Å². The van der Waals surface area contributed by atoms with Crippen molar-refractivity contribution in [3.8, 4) is 28.7 Å². The van der Waals surface area contributed by atoms with E-state index in [2.05, 4.69) is 106 Å². The minimum atomic E-state index is -2.35. The molecule has 0 aromatic heterocycles. The quantitative estimate of drug-likeness (QED) is 0.00168. The molecule has 1 aliphatic rings. The average molecular weight is 2400 g/mol. The summed E-state index contributed by atoms with van der Waals surface area (Å²) in [4.78, 5) is 71.4.